The minimum atomic E-state index is 0.533. The maximum atomic E-state index is 5.28. The van der Waals surface area contributed by atoms with E-state index in [-0.39, 0.29) is 0 Å². The molecule has 2 rings (SSSR count). The molecule has 0 atom stereocenters. The van der Waals surface area contributed by atoms with E-state index in [0.29, 0.717) is 42.7 Å². The molecule has 0 radical (unpaired) electrons. The van der Waals surface area contributed by atoms with Gasteiger partial charge in [-0.3, -0.25) is 0 Å². The summed E-state index contributed by atoms with van der Waals surface area (Å²) in [6, 6.07) is 5.72. The van der Waals surface area contributed by atoms with Crippen molar-refractivity contribution in [3.05, 3.63) is 48.1 Å². The molecule has 0 aliphatic heterocycles. The summed E-state index contributed by atoms with van der Waals surface area (Å²) in [5.41, 5.74) is 1.03. The van der Waals surface area contributed by atoms with Crippen molar-refractivity contribution in [2.24, 2.45) is 0 Å². The zero-order valence-electron chi connectivity index (χ0n) is 12.3. The standard InChI is InChI=1S/C15H19N3O3/c1-4-7-16-10-15-17-14(18-21-15)9-11-5-6-12(19-2)13(8-11)20-3/h4-6,8,16H,1,7,9-10H2,2-3H3. The van der Waals surface area contributed by atoms with E-state index in [1.807, 2.05) is 18.2 Å². The van der Waals surface area contributed by atoms with Gasteiger partial charge >= 0.3 is 0 Å². The maximum absolute atomic E-state index is 5.28. The monoisotopic (exact) mass is 289 g/mol. The van der Waals surface area contributed by atoms with Gasteiger partial charge in [-0.15, -0.1) is 6.58 Å². The number of nitrogens with zero attached hydrogens (tertiary/aromatic N) is 2. The lowest BCUT2D eigenvalue weighted by atomic mass is 10.1. The largest absolute Gasteiger partial charge is 0.493 e. The van der Waals surface area contributed by atoms with E-state index < -0.39 is 0 Å². The Labute approximate surface area is 123 Å². The summed E-state index contributed by atoms with van der Waals surface area (Å²) in [6.07, 6.45) is 2.35. The number of rotatable bonds is 8. The number of aromatic nitrogens is 2. The molecular formula is C15H19N3O3. The smallest absolute Gasteiger partial charge is 0.240 e. The molecule has 0 amide bonds. The van der Waals surface area contributed by atoms with E-state index in [4.69, 9.17) is 14.0 Å². The van der Waals surface area contributed by atoms with Crippen molar-refractivity contribution in [3.63, 3.8) is 0 Å². The fourth-order valence-corrected chi connectivity index (χ4v) is 1.89. The van der Waals surface area contributed by atoms with Crippen molar-refractivity contribution in [3.8, 4) is 11.5 Å². The summed E-state index contributed by atoms with van der Waals surface area (Å²) in [4.78, 5) is 4.33. The van der Waals surface area contributed by atoms with Crippen LogP contribution in [0, 0.1) is 0 Å². The lowest BCUT2D eigenvalue weighted by molar-refractivity contribution is 0.354. The van der Waals surface area contributed by atoms with Crippen molar-refractivity contribution < 1.29 is 14.0 Å². The summed E-state index contributed by atoms with van der Waals surface area (Å²) in [6.45, 7) is 4.87. The van der Waals surface area contributed by atoms with Gasteiger partial charge in [-0.2, -0.15) is 4.98 Å². The van der Waals surface area contributed by atoms with Gasteiger partial charge in [0.1, 0.15) is 0 Å². The second kappa shape index (κ2) is 7.44. The van der Waals surface area contributed by atoms with E-state index in [1.54, 1.807) is 20.3 Å². The molecule has 0 spiro atoms. The van der Waals surface area contributed by atoms with Crippen LogP contribution in [-0.4, -0.2) is 30.9 Å². The van der Waals surface area contributed by atoms with Gasteiger partial charge in [0.2, 0.25) is 5.89 Å². The Morgan fingerprint density at radius 3 is 2.81 bits per heavy atom. The Morgan fingerprint density at radius 1 is 1.29 bits per heavy atom. The van der Waals surface area contributed by atoms with Crippen LogP contribution in [0.15, 0.2) is 35.4 Å². The average Bonchev–Trinajstić information content (AvgIpc) is 2.95. The first-order valence-electron chi connectivity index (χ1n) is 6.60. The quantitative estimate of drug-likeness (QED) is 0.592. The molecule has 1 N–H and O–H groups in total. The maximum Gasteiger partial charge on any atom is 0.240 e. The van der Waals surface area contributed by atoms with Crippen LogP contribution in [0.3, 0.4) is 0 Å². The Bertz CT molecular complexity index is 596. The number of hydrogen-bond acceptors (Lipinski definition) is 6. The summed E-state index contributed by atoms with van der Waals surface area (Å²) >= 11 is 0. The molecule has 1 aromatic heterocycles. The van der Waals surface area contributed by atoms with Gasteiger partial charge in [0.15, 0.2) is 17.3 Å². The number of benzene rings is 1. The molecule has 21 heavy (non-hydrogen) atoms. The Morgan fingerprint density at radius 2 is 2.10 bits per heavy atom. The minimum absolute atomic E-state index is 0.533. The number of methoxy groups -OCH3 is 2. The molecule has 1 heterocycles. The highest BCUT2D eigenvalue weighted by atomic mass is 16.5. The predicted octanol–water partition coefficient (Wildman–Crippen LogP) is 1.95. The van der Waals surface area contributed by atoms with Gasteiger partial charge in [0.25, 0.3) is 0 Å². The third kappa shape index (κ3) is 4.06. The van der Waals surface area contributed by atoms with Crippen molar-refractivity contribution >= 4 is 0 Å². The lowest BCUT2D eigenvalue weighted by Gasteiger charge is -2.08. The van der Waals surface area contributed by atoms with Crippen molar-refractivity contribution in [2.45, 2.75) is 13.0 Å². The number of hydrogen-bond donors (Lipinski definition) is 1. The zero-order valence-corrected chi connectivity index (χ0v) is 12.3. The van der Waals surface area contributed by atoms with E-state index >= 15 is 0 Å². The fourth-order valence-electron chi connectivity index (χ4n) is 1.89. The second-order valence-electron chi connectivity index (χ2n) is 4.39. The van der Waals surface area contributed by atoms with E-state index in [9.17, 15) is 0 Å². The summed E-state index contributed by atoms with van der Waals surface area (Å²) in [5, 5.41) is 7.08. The highest BCUT2D eigenvalue weighted by Gasteiger charge is 2.09. The van der Waals surface area contributed by atoms with Gasteiger partial charge < -0.3 is 19.3 Å². The van der Waals surface area contributed by atoms with Crippen LogP contribution in [0.1, 0.15) is 17.3 Å². The van der Waals surface area contributed by atoms with Crippen molar-refractivity contribution in [1.29, 1.82) is 0 Å². The molecule has 0 fully saturated rings. The molecule has 0 aliphatic rings. The van der Waals surface area contributed by atoms with E-state index in [2.05, 4.69) is 22.0 Å². The number of nitrogens with one attached hydrogen (secondary N) is 1. The molecule has 112 valence electrons. The average molecular weight is 289 g/mol. The van der Waals surface area contributed by atoms with Crippen LogP contribution in [0.25, 0.3) is 0 Å². The molecule has 6 heteroatoms. The third-order valence-corrected chi connectivity index (χ3v) is 2.89. The Balaban J connectivity index is 2.02. The topological polar surface area (TPSA) is 69.4 Å². The van der Waals surface area contributed by atoms with Crippen molar-refractivity contribution in [1.82, 2.24) is 15.5 Å². The molecule has 0 saturated carbocycles. The van der Waals surface area contributed by atoms with Gasteiger partial charge in [-0.1, -0.05) is 17.3 Å². The van der Waals surface area contributed by atoms with Crippen LogP contribution < -0.4 is 14.8 Å². The van der Waals surface area contributed by atoms with E-state index in [0.717, 1.165) is 5.56 Å². The van der Waals surface area contributed by atoms with Gasteiger partial charge in [-0.25, -0.2) is 0 Å². The van der Waals surface area contributed by atoms with Crippen LogP contribution in [0.4, 0.5) is 0 Å². The Kier molecular flexibility index (Phi) is 5.34. The number of ether oxygens (including phenoxy) is 2. The summed E-state index contributed by atoms with van der Waals surface area (Å²) in [7, 11) is 3.22. The first-order chi connectivity index (χ1) is 10.3. The van der Waals surface area contributed by atoms with Gasteiger partial charge in [0.05, 0.1) is 20.8 Å². The highest BCUT2D eigenvalue weighted by molar-refractivity contribution is 5.43. The van der Waals surface area contributed by atoms with Crippen LogP contribution in [0.5, 0.6) is 11.5 Å². The molecule has 0 unspecified atom stereocenters. The predicted molar refractivity (Wildman–Crippen MR) is 78.6 cm³/mol. The molecule has 0 saturated heterocycles. The normalized spacial score (nSPS) is 10.4. The second-order valence-corrected chi connectivity index (χ2v) is 4.39. The molecule has 1 aromatic carbocycles. The lowest BCUT2D eigenvalue weighted by Crippen LogP contribution is -2.12. The van der Waals surface area contributed by atoms with Gasteiger partial charge in [0, 0.05) is 13.0 Å². The highest BCUT2D eigenvalue weighted by Crippen LogP contribution is 2.28. The van der Waals surface area contributed by atoms with Crippen LogP contribution in [0.2, 0.25) is 0 Å². The molecule has 6 nitrogen and oxygen atoms in total. The first kappa shape index (κ1) is 15.1. The summed E-state index contributed by atoms with van der Waals surface area (Å²) < 4.78 is 15.7. The molecule has 0 bridgehead atoms. The fraction of sp³-hybridized carbons (Fsp3) is 0.333. The molecular weight excluding hydrogens is 270 g/mol. The third-order valence-electron chi connectivity index (χ3n) is 2.89. The molecule has 0 aliphatic carbocycles. The SMILES string of the molecule is C=CCNCc1nc(Cc2ccc(OC)c(OC)c2)no1. The molecule has 2 aromatic rings. The van der Waals surface area contributed by atoms with Crippen molar-refractivity contribution in [2.75, 3.05) is 20.8 Å². The zero-order chi connectivity index (χ0) is 15.1. The summed E-state index contributed by atoms with van der Waals surface area (Å²) in [5.74, 6) is 2.58. The van der Waals surface area contributed by atoms with Crippen LogP contribution >= 0.6 is 0 Å². The van der Waals surface area contributed by atoms with Gasteiger partial charge in [-0.05, 0) is 17.7 Å². The minimum Gasteiger partial charge on any atom is -0.493 e. The first-order valence-corrected chi connectivity index (χ1v) is 6.60. The Hall–Kier alpha value is -2.34. The van der Waals surface area contributed by atoms with Crippen LogP contribution in [-0.2, 0) is 13.0 Å². The van der Waals surface area contributed by atoms with E-state index in [1.165, 1.54) is 0 Å².